The fourth-order valence-corrected chi connectivity index (χ4v) is 11.3. The summed E-state index contributed by atoms with van der Waals surface area (Å²) >= 11 is 1.90. The first-order chi connectivity index (χ1) is 15.9. The standard InChI is InChI=1S/C30H22SSi/c1-4-13-23(14-5-1)32(24-15-6-2-7-16-24,25-17-8-3-9-18-25)29-22-12-21-28-30(29)26-19-10-11-20-27(26)31-28/h1-22H. The minimum Gasteiger partial charge on any atom is -0.135 e. The van der Waals surface area contributed by atoms with Crippen molar-refractivity contribution in [3.05, 3.63) is 133 Å². The van der Waals surface area contributed by atoms with Crippen LogP contribution in [0, 0.1) is 0 Å². The van der Waals surface area contributed by atoms with Gasteiger partial charge in [0.25, 0.3) is 0 Å². The second kappa shape index (κ2) is 7.90. The van der Waals surface area contributed by atoms with Gasteiger partial charge in [-0.25, -0.2) is 0 Å². The first kappa shape index (κ1) is 19.2. The highest BCUT2D eigenvalue weighted by Crippen LogP contribution is 2.33. The molecule has 1 heterocycles. The van der Waals surface area contributed by atoms with Gasteiger partial charge in [-0.3, -0.25) is 0 Å². The molecular weight excluding hydrogens is 420 g/mol. The molecule has 5 aromatic carbocycles. The van der Waals surface area contributed by atoms with Crippen LogP contribution in [-0.4, -0.2) is 8.07 Å². The molecule has 6 aromatic rings. The zero-order chi connectivity index (χ0) is 21.4. The number of hydrogen-bond acceptors (Lipinski definition) is 1. The Bertz CT molecular complexity index is 1410. The van der Waals surface area contributed by atoms with Crippen LogP contribution < -0.4 is 20.7 Å². The Kier molecular flexibility index (Phi) is 4.75. The fraction of sp³-hybridized carbons (Fsp3) is 0. The van der Waals surface area contributed by atoms with E-state index in [2.05, 4.69) is 133 Å². The number of benzene rings is 5. The Balaban J connectivity index is 1.85. The van der Waals surface area contributed by atoms with Crippen molar-refractivity contribution in [2.75, 3.05) is 0 Å². The summed E-state index contributed by atoms with van der Waals surface area (Å²) in [6, 6.07) is 49.3. The summed E-state index contributed by atoms with van der Waals surface area (Å²) < 4.78 is 2.72. The summed E-state index contributed by atoms with van der Waals surface area (Å²) in [5, 5.41) is 8.50. The molecule has 0 radical (unpaired) electrons. The van der Waals surface area contributed by atoms with Crippen LogP contribution in [0.25, 0.3) is 20.2 Å². The van der Waals surface area contributed by atoms with Crippen LogP contribution in [0.15, 0.2) is 133 Å². The molecule has 0 fully saturated rings. The van der Waals surface area contributed by atoms with E-state index >= 15 is 0 Å². The van der Waals surface area contributed by atoms with Gasteiger partial charge in [0.15, 0.2) is 8.07 Å². The predicted octanol–water partition coefficient (Wildman–Crippen LogP) is 5.43. The van der Waals surface area contributed by atoms with E-state index in [-0.39, 0.29) is 0 Å². The maximum Gasteiger partial charge on any atom is 0.180 e. The minimum atomic E-state index is -2.54. The monoisotopic (exact) mass is 442 g/mol. The van der Waals surface area contributed by atoms with Gasteiger partial charge >= 0.3 is 0 Å². The van der Waals surface area contributed by atoms with E-state index in [1.54, 1.807) is 0 Å². The van der Waals surface area contributed by atoms with Crippen LogP contribution in [0.3, 0.4) is 0 Å². The SMILES string of the molecule is c1ccc([Si](c2ccccc2)(c2ccccc2)c2cccc3sc4ccccc4c23)cc1. The van der Waals surface area contributed by atoms with Crippen molar-refractivity contribution in [1.82, 2.24) is 0 Å². The Morgan fingerprint density at radius 2 is 0.875 bits per heavy atom. The van der Waals surface area contributed by atoms with Crippen LogP contribution in [-0.2, 0) is 0 Å². The van der Waals surface area contributed by atoms with Crippen LogP contribution in [0.2, 0.25) is 0 Å². The van der Waals surface area contributed by atoms with Gasteiger partial charge in [-0.2, -0.15) is 0 Å². The molecular formula is C30H22SSi. The lowest BCUT2D eigenvalue weighted by atomic mass is 10.1. The first-order valence-corrected chi connectivity index (χ1v) is 13.8. The van der Waals surface area contributed by atoms with Crippen molar-refractivity contribution in [1.29, 1.82) is 0 Å². The van der Waals surface area contributed by atoms with Crippen LogP contribution in [0.5, 0.6) is 0 Å². The summed E-state index contributed by atoms with van der Waals surface area (Å²) in [4.78, 5) is 0. The maximum atomic E-state index is 2.39. The van der Waals surface area contributed by atoms with Crippen LogP contribution >= 0.6 is 11.3 Å². The van der Waals surface area contributed by atoms with Crippen molar-refractivity contribution < 1.29 is 0 Å². The molecule has 32 heavy (non-hydrogen) atoms. The third-order valence-electron chi connectivity index (χ3n) is 6.43. The van der Waals surface area contributed by atoms with Crippen molar-refractivity contribution in [2.45, 2.75) is 0 Å². The van der Waals surface area contributed by atoms with Gasteiger partial charge < -0.3 is 0 Å². The molecule has 0 saturated heterocycles. The Hall–Kier alpha value is -3.46. The third-order valence-corrected chi connectivity index (χ3v) is 12.4. The lowest BCUT2D eigenvalue weighted by Gasteiger charge is -2.35. The van der Waals surface area contributed by atoms with E-state index in [0.717, 1.165) is 0 Å². The molecule has 0 aliphatic rings. The van der Waals surface area contributed by atoms with E-state index in [1.165, 1.54) is 40.9 Å². The van der Waals surface area contributed by atoms with Gasteiger partial charge in [0.1, 0.15) is 0 Å². The highest BCUT2D eigenvalue weighted by Gasteiger charge is 2.42. The molecule has 6 rings (SSSR count). The Morgan fingerprint density at radius 1 is 0.406 bits per heavy atom. The number of thiophene rings is 1. The van der Waals surface area contributed by atoms with Crippen molar-refractivity contribution in [3.63, 3.8) is 0 Å². The van der Waals surface area contributed by atoms with Gasteiger partial charge in [0, 0.05) is 20.2 Å². The maximum absolute atomic E-state index is 2.54. The first-order valence-electron chi connectivity index (χ1n) is 11.0. The second-order valence-corrected chi connectivity index (χ2v) is 13.0. The van der Waals surface area contributed by atoms with Crippen molar-refractivity contribution >= 4 is 60.3 Å². The van der Waals surface area contributed by atoms with Gasteiger partial charge in [-0.05, 0) is 32.9 Å². The second-order valence-electron chi connectivity index (χ2n) is 8.13. The lowest BCUT2D eigenvalue weighted by molar-refractivity contribution is 1.68. The van der Waals surface area contributed by atoms with Crippen LogP contribution in [0.1, 0.15) is 0 Å². The molecule has 0 aliphatic heterocycles. The molecule has 0 N–H and O–H groups in total. The van der Waals surface area contributed by atoms with Gasteiger partial charge in [-0.15, -0.1) is 11.3 Å². The molecule has 2 heteroatoms. The molecule has 152 valence electrons. The van der Waals surface area contributed by atoms with Gasteiger partial charge in [0.05, 0.1) is 0 Å². The molecule has 0 nitrogen and oxygen atoms in total. The lowest BCUT2D eigenvalue weighted by Crippen LogP contribution is -2.74. The van der Waals surface area contributed by atoms with E-state index in [9.17, 15) is 0 Å². The predicted molar refractivity (Wildman–Crippen MR) is 143 cm³/mol. The molecule has 0 bridgehead atoms. The van der Waals surface area contributed by atoms with Gasteiger partial charge in [-0.1, -0.05) is 121 Å². The summed E-state index contributed by atoms with van der Waals surface area (Å²) in [7, 11) is -2.54. The highest BCUT2D eigenvalue weighted by molar-refractivity contribution is 7.27. The molecule has 0 saturated carbocycles. The van der Waals surface area contributed by atoms with Crippen molar-refractivity contribution in [3.8, 4) is 0 Å². The average Bonchev–Trinajstić information content (AvgIpc) is 3.26. The number of fused-ring (bicyclic) bond motifs is 3. The smallest absolute Gasteiger partial charge is 0.135 e. The van der Waals surface area contributed by atoms with Gasteiger partial charge in [0.2, 0.25) is 0 Å². The topological polar surface area (TPSA) is 0 Å². The highest BCUT2D eigenvalue weighted by atomic mass is 32.1. The normalized spacial score (nSPS) is 11.8. The molecule has 0 amide bonds. The number of rotatable bonds is 4. The molecule has 0 atom stereocenters. The minimum absolute atomic E-state index is 1.35. The van der Waals surface area contributed by atoms with E-state index in [0.29, 0.717) is 0 Å². The molecule has 0 unspecified atom stereocenters. The van der Waals surface area contributed by atoms with Crippen LogP contribution in [0.4, 0.5) is 0 Å². The zero-order valence-corrected chi connectivity index (χ0v) is 19.4. The summed E-state index contributed by atoms with van der Waals surface area (Å²) in [5.41, 5.74) is 0. The van der Waals surface area contributed by atoms with E-state index < -0.39 is 8.07 Å². The zero-order valence-electron chi connectivity index (χ0n) is 17.6. The van der Waals surface area contributed by atoms with E-state index in [4.69, 9.17) is 0 Å². The molecule has 0 spiro atoms. The average molecular weight is 443 g/mol. The molecule has 0 aliphatic carbocycles. The fourth-order valence-electron chi connectivity index (χ4n) is 5.12. The third kappa shape index (κ3) is 2.88. The largest absolute Gasteiger partial charge is 0.180 e. The summed E-state index contributed by atoms with van der Waals surface area (Å²) in [6.07, 6.45) is 0. The van der Waals surface area contributed by atoms with E-state index in [1.807, 2.05) is 11.3 Å². The quantitative estimate of drug-likeness (QED) is 0.252. The summed E-state index contributed by atoms with van der Waals surface area (Å²) in [6.45, 7) is 0. The Morgan fingerprint density at radius 3 is 1.44 bits per heavy atom. The van der Waals surface area contributed by atoms with Crippen molar-refractivity contribution in [2.24, 2.45) is 0 Å². The number of hydrogen-bond donors (Lipinski definition) is 0. The molecule has 1 aromatic heterocycles. The Labute approximate surface area is 193 Å². The summed E-state index contributed by atoms with van der Waals surface area (Å²) in [5.74, 6) is 0.